The molecule has 1 saturated carbocycles. The Bertz CT molecular complexity index is 1220. The van der Waals surface area contributed by atoms with Gasteiger partial charge in [-0.05, 0) is 30.5 Å². The van der Waals surface area contributed by atoms with Gasteiger partial charge in [0.05, 0.1) is 30.6 Å². The number of nitrogens with zero attached hydrogens (tertiary/aromatic N) is 2. The molecule has 3 heterocycles. The van der Waals surface area contributed by atoms with E-state index in [1.54, 1.807) is 18.2 Å². The van der Waals surface area contributed by atoms with E-state index in [1.807, 2.05) is 6.07 Å². The number of nitrogen functional groups attached to an aromatic ring is 1. The lowest BCUT2D eigenvalue weighted by Crippen LogP contribution is -2.49. The number of halogens is 2. The molecule has 0 spiro atoms. The summed E-state index contributed by atoms with van der Waals surface area (Å²) in [6.45, 7) is 3.75. The van der Waals surface area contributed by atoms with Gasteiger partial charge in [0.15, 0.2) is 5.66 Å². The monoisotopic (exact) mass is 451 g/mol. The lowest BCUT2D eigenvalue weighted by Gasteiger charge is -2.35. The molecule has 4 aliphatic rings. The summed E-state index contributed by atoms with van der Waals surface area (Å²) < 4.78 is 20.1. The van der Waals surface area contributed by atoms with Gasteiger partial charge in [-0.3, -0.25) is 10.6 Å². The fourth-order valence-corrected chi connectivity index (χ4v) is 5.24. The molecule has 164 valence electrons. The number of nitrogens with one attached hydrogen (secondary N) is 1. The zero-order valence-electron chi connectivity index (χ0n) is 17.4. The number of hydrogen-bond donors (Lipinski definition) is 3. The van der Waals surface area contributed by atoms with Crippen LogP contribution in [0.4, 0.5) is 15.8 Å². The molecule has 0 radical (unpaired) electrons. The van der Waals surface area contributed by atoms with Crippen LogP contribution >= 0.6 is 11.6 Å². The van der Waals surface area contributed by atoms with Crippen LogP contribution in [0.25, 0.3) is 0 Å². The molecule has 2 aromatic rings. The highest BCUT2D eigenvalue weighted by molar-refractivity contribution is 6.30. The van der Waals surface area contributed by atoms with Gasteiger partial charge in [0, 0.05) is 46.6 Å². The first-order chi connectivity index (χ1) is 15.4. The highest BCUT2D eigenvalue weighted by Crippen LogP contribution is 2.58. The second-order valence-corrected chi connectivity index (χ2v) is 9.59. The fraction of sp³-hybridized carbons (Fsp3) is 0.375. The first-order valence-corrected chi connectivity index (χ1v) is 11.1. The summed E-state index contributed by atoms with van der Waals surface area (Å²) in [5, 5.41) is 3.10. The van der Waals surface area contributed by atoms with Crippen molar-refractivity contribution in [2.75, 3.05) is 37.4 Å². The fourth-order valence-electron chi connectivity index (χ4n) is 5.07. The van der Waals surface area contributed by atoms with E-state index in [9.17, 15) is 4.39 Å². The predicted molar refractivity (Wildman–Crippen MR) is 123 cm³/mol. The van der Waals surface area contributed by atoms with Gasteiger partial charge in [0.25, 0.3) is 0 Å². The largest absolute Gasteiger partial charge is 0.398 e. The quantitative estimate of drug-likeness (QED) is 0.482. The lowest BCUT2D eigenvalue weighted by molar-refractivity contribution is -0.0614. The third-order valence-electron chi connectivity index (χ3n) is 7.21. The van der Waals surface area contributed by atoms with Crippen LogP contribution in [0.1, 0.15) is 23.1 Å². The maximum atomic E-state index is 14.8. The SMILES string of the molecule is Nc1cc2c(cc1C#C[C@]13C[C@H]1CN(C1COC1)C3)NC=NC2(N)c1cccc(Cl)c1F. The van der Waals surface area contributed by atoms with E-state index in [1.165, 1.54) is 12.4 Å². The number of fused-ring (bicyclic) bond motifs is 2. The minimum Gasteiger partial charge on any atom is -0.398 e. The van der Waals surface area contributed by atoms with Crippen molar-refractivity contribution < 1.29 is 9.13 Å². The normalized spacial score (nSPS) is 30.5. The first-order valence-electron chi connectivity index (χ1n) is 10.7. The average Bonchev–Trinajstić information content (AvgIpc) is 3.28. The van der Waals surface area contributed by atoms with Crippen LogP contribution in [0, 0.1) is 29.0 Å². The number of anilines is 2. The number of rotatable bonds is 2. The first kappa shape index (κ1) is 20.0. The predicted octanol–water partition coefficient (Wildman–Crippen LogP) is 2.75. The molecule has 0 amide bonds. The van der Waals surface area contributed by atoms with Crippen molar-refractivity contribution >= 4 is 29.3 Å². The van der Waals surface area contributed by atoms with Gasteiger partial charge in [-0.2, -0.15) is 0 Å². The van der Waals surface area contributed by atoms with E-state index < -0.39 is 11.5 Å². The molecule has 6 nitrogen and oxygen atoms in total. The van der Waals surface area contributed by atoms with Crippen LogP contribution in [0.5, 0.6) is 0 Å². The summed E-state index contributed by atoms with van der Waals surface area (Å²) in [5.74, 6) is 6.87. The van der Waals surface area contributed by atoms with Crippen molar-refractivity contribution in [2.45, 2.75) is 18.1 Å². The van der Waals surface area contributed by atoms with Crippen LogP contribution in [-0.2, 0) is 10.4 Å². The highest BCUT2D eigenvalue weighted by Gasteiger charge is 2.60. The molecule has 1 unspecified atom stereocenters. The molecule has 8 heteroatoms. The van der Waals surface area contributed by atoms with Crippen molar-refractivity contribution in [1.82, 2.24) is 4.90 Å². The molecule has 0 bridgehead atoms. The van der Waals surface area contributed by atoms with Gasteiger partial charge < -0.3 is 15.8 Å². The molecule has 1 aliphatic carbocycles. The van der Waals surface area contributed by atoms with E-state index in [0.29, 0.717) is 28.9 Å². The number of benzene rings is 2. The molecule has 5 N–H and O–H groups in total. The maximum Gasteiger partial charge on any atom is 0.166 e. The standard InChI is InChI=1S/C24H23ClFN5O/c25-19-3-1-2-17(22(19)26)24(28)18-7-20(27)14(6-21(18)29-13-30-24)4-5-23-8-15(23)9-31(12-23)16-10-32-11-16/h1-3,6-7,13,15-16H,8-12,27-28H2,(H,29,30)/t15-,23+,24?/m0/s1. The van der Waals surface area contributed by atoms with E-state index in [4.69, 9.17) is 27.8 Å². The zero-order chi connectivity index (χ0) is 22.1. The molecular formula is C24H23ClFN5O. The van der Waals surface area contributed by atoms with Crippen LogP contribution < -0.4 is 16.8 Å². The van der Waals surface area contributed by atoms with Crippen LogP contribution in [0.15, 0.2) is 35.3 Å². The molecular weight excluding hydrogens is 429 g/mol. The smallest absolute Gasteiger partial charge is 0.166 e. The molecule has 2 saturated heterocycles. The number of ether oxygens (including phenoxy) is 1. The number of likely N-dealkylation sites (tertiary alicyclic amines) is 1. The summed E-state index contributed by atoms with van der Waals surface area (Å²) in [7, 11) is 0. The minimum atomic E-state index is -1.44. The Balaban J connectivity index is 1.33. The summed E-state index contributed by atoms with van der Waals surface area (Å²) in [6.07, 6.45) is 2.61. The van der Waals surface area contributed by atoms with Gasteiger partial charge in [-0.15, -0.1) is 0 Å². The third-order valence-corrected chi connectivity index (χ3v) is 7.50. The van der Waals surface area contributed by atoms with E-state index in [-0.39, 0.29) is 16.0 Å². The number of hydrogen-bond acceptors (Lipinski definition) is 6. The van der Waals surface area contributed by atoms with E-state index in [2.05, 4.69) is 27.0 Å². The van der Waals surface area contributed by atoms with Crippen molar-refractivity contribution in [3.8, 4) is 11.8 Å². The summed E-state index contributed by atoms with van der Waals surface area (Å²) in [6, 6.07) is 8.87. The summed E-state index contributed by atoms with van der Waals surface area (Å²) in [5.41, 5.74) is 14.3. The Labute approximate surface area is 190 Å². The molecule has 3 fully saturated rings. The van der Waals surface area contributed by atoms with Crippen LogP contribution in [0.3, 0.4) is 0 Å². The minimum absolute atomic E-state index is 0.00428. The van der Waals surface area contributed by atoms with Gasteiger partial charge in [-0.25, -0.2) is 9.38 Å². The van der Waals surface area contributed by atoms with Gasteiger partial charge in [-0.1, -0.05) is 35.6 Å². The third kappa shape index (κ3) is 2.95. The Morgan fingerprint density at radius 1 is 1.28 bits per heavy atom. The van der Waals surface area contributed by atoms with Gasteiger partial charge >= 0.3 is 0 Å². The van der Waals surface area contributed by atoms with Crippen molar-refractivity contribution in [3.63, 3.8) is 0 Å². The van der Waals surface area contributed by atoms with E-state index >= 15 is 0 Å². The maximum absolute atomic E-state index is 14.8. The Morgan fingerprint density at radius 2 is 2.12 bits per heavy atom. The molecule has 3 atom stereocenters. The van der Waals surface area contributed by atoms with Gasteiger partial charge in [0.1, 0.15) is 5.82 Å². The Kier molecular flexibility index (Phi) is 4.33. The molecule has 0 aromatic heterocycles. The Hall–Kier alpha value is -2.63. The van der Waals surface area contributed by atoms with Crippen molar-refractivity contribution in [1.29, 1.82) is 0 Å². The van der Waals surface area contributed by atoms with Crippen LogP contribution in [0.2, 0.25) is 5.02 Å². The number of piperidine rings is 1. The number of aliphatic imine (C=N–C) groups is 1. The second-order valence-electron chi connectivity index (χ2n) is 9.18. The van der Waals surface area contributed by atoms with Gasteiger partial charge in [0.2, 0.25) is 0 Å². The molecule has 6 rings (SSSR count). The van der Waals surface area contributed by atoms with Crippen molar-refractivity contribution in [2.24, 2.45) is 22.1 Å². The summed E-state index contributed by atoms with van der Waals surface area (Å²) in [4.78, 5) is 6.85. The zero-order valence-corrected chi connectivity index (χ0v) is 18.1. The van der Waals surface area contributed by atoms with Crippen molar-refractivity contribution in [3.05, 3.63) is 57.9 Å². The number of nitrogens with two attached hydrogens (primary N) is 2. The summed E-state index contributed by atoms with van der Waals surface area (Å²) >= 11 is 5.99. The second kappa shape index (κ2) is 6.93. The lowest BCUT2D eigenvalue weighted by atomic mass is 9.88. The average molecular weight is 452 g/mol. The molecule has 2 aromatic carbocycles. The highest BCUT2D eigenvalue weighted by atomic mass is 35.5. The van der Waals surface area contributed by atoms with E-state index in [0.717, 1.165) is 38.3 Å². The molecule has 32 heavy (non-hydrogen) atoms. The topological polar surface area (TPSA) is 88.9 Å². The Morgan fingerprint density at radius 3 is 2.91 bits per heavy atom. The molecule has 3 aliphatic heterocycles. The van der Waals surface area contributed by atoms with Crippen LogP contribution in [-0.4, -0.2) is 43.6 Å².